The molecule has 3 rings (SSSR count). The van der Waals surface area contributed by atoms with Crippen LogP contribution in [0, 0.1) is 0 Å². The molecule has 18 heavy (non-hydrogen) atoms. The van der Waals surface area contributed by atoms with Crippen molar-refractivity contribution in [1.29, 1.82) is 0 Å². The van der Waals surface area contributed by atoms with Crippen LogP contribution in [-0.2, 0) is 6.42 Å². The predicted molar refractivity (Wildman–Crippen MR) is 74.1 cm³/mol. The Bertz CT molecular complexity index is 554. The number of nitrogens with zero attached hydrogens (tertiary/aromatic N) is 2. The summed E-state index contributed by atoms with van der Waals surface area (Å²) >= 11 is 1.64. The predicted octanol–water partition coefficient (Wildman–Crippen LogP) is 2.58. The third kappa shape index (κ3) is 2.08. The number of fused-ring (bicyclic) bond motifs is 1. The van der Waals surface area contributed by atoms with Gasteiger partial charge in [0.1, 0.15) is 16.5 Å². The largest absolute Gasteiger partial charge is 0.391 e. The Morgan fingerprint density at radius 2 is 2.33 bits per heavy atom. The summed E-state index contributed by atoms with van der Waals surface area (Å²) in [4.78, 5) is 10.1. The molecular weight excluding hydrogens is 246 g/mol. The topological polar surface area (TPSA) is 58.0 Å². The van der Waals surface area contributed by atoms with Gasteiger partial charge in [-0.3, -0.25) is 0 Å². The van der Waals surface area contributed by atoms with Crippen molar-refractivity contribution >= 4 is 27.4 Å². The highest BCUT2D eigenvalue weighted by atomic mass is 32.1. The van der Waals surface area contributed by atoms with Crippen molar-refractivity contribution in [3.05, 3.63) is 17.3 Å². The van der Waals surface area contributed by atoms with E-state index in [0.29, 0.717) is 0 Å². The number of aryl methyl sites for hydroxylation is 1. The number of rotatable bonds is 3. The summed E-state index contributed by atoms with van der Waals surface area (Å²) in [5, 5.41) is 16.4. The van der Waals surface area contributed by atoms with Crippen LogP contribution >= 0.6 is 11.3 Å². The molecule has 4 nitrogen and oxygen atoms in total. The number of thiophene rings is 1. The quantitative estimate of drug-likeness (QED) is 0.893. The monoisotopic (exact) mass is 263 g/mol. The lowest BCUT2D eigenvalue weighted by Gasteiger charge is -2.18. The second-order valence-electron chi connectivity index (χ2n) is 4.73. The molecule has 2 atom stereocenters. The van der Waals surface area contributed by atoms with E-state index >= 15 is 0 Å². The van der Waals surface area contributed by atoms with E-state index in [1.165, 1.54) is 0 Å². The van der Waals surface area contributed by atoms with E-state index in [0.717, 1.165) is 47.5 Å². The van der Waals surface area contributed by atoms with Gasteiger partial charge in [-0.25, -0.2) is 9.97 Å². The fourth-order valence-electron chi connectivity index (χ4n) is 2.45. The summed E-state index contributed by atoms with van der Waals surface area (Å²) in [5.74, 6) is 1.74. The Morgan fingerprint density at radius 1 is 1.44 bits per heavy atom. The van der Waals surface area contributed by atoms with Crippen molar-refractivity contribution in [3.63, 3.8) is 0 Å². The van der Waals surface area contributed by atoms with Crippen LogP contribution in [-0.4, -0.2) is 27.2 Å². The summed E-state index contributed by atoms with van der Waals surface area (Å²) in [6.45, 7) is 2.06. The third-order valence-electron chi connectivity index (χ3n) is 3.49. The summed E-state index contributed by atoms with van der Waals surface area (Å²) in [5.41, 5.74) is 0. The maximum atomic E-state index is 9.90. The molecule has 0 amide bonds. The Kier molecular flexibility index (Phi) is 3.18. The number of hydrogen-bond donors (Lipinski definition) is 2. The van der Waals surface area contributed by atoms with Crippen molar-refractivity contribution in [2.45, 2.75) is 44.8 Å². The summed E-state index contributed by atoms with van der Waals surface area (Å²) in [6, 6.07) is 2.18. The van der Waals surface area contributed by atoms with Gasteiger partial charge in [0.25, 0.3) is 0 Å². The zero-order valence-corrected chi connectivity index (χ0v) is 11.2. The normalized spacial score (nSPS) is 23.7. The molecule has 2 aromatic rings. The van der Waals surface area contributed by atoms with Crippen LogP contribution in [0.5, 0.6) is 0 Å². The van der Waals surface area contributed by atoms with Crippen LogP contribution in [0.15, 0.2) is 11.4 Å². The van der Waals surface area contributed by atoms with Crippen molar-refractivity contribution < 1.29 is 5.11 Å². The summed E-state index contributed by atoms with van der Waals surface area (Å²) < 4.78 is 0. The van der Waals surface area contributed by atoms with E-state index in [-0.39, 0.29) is 12.1 Å². The van der Waals surface area contributed by atoms with E-state index < -0.39 is 0 Å². The summed E-state index contributed by atoms with van der Waals surface area (Å²) in [7, 11) is 0. The molecule has 1 aliphatic rings. The molecule has 2 unspecified atom stereocenters. The Morgan fingerprint density at radius 3 is 3.06 bits per heavy atom. The van der Waals surface area contributed by atoms with Crippen molar-refractivity contribution in [2.24, 2.45) is 0 Å². The minimum absolute atomic E-state index is 0.132. The van der Waals surface area contributed by atoms with E-state index in [4.69, 9.17) is 0 Å². The first kappa shape index (κ1) is 11.9. The molecule has 1 aliphatic carbocycles. The lowest BCUT2D eigenvalue weighted by Crippen LogP contribution is -2.28. The van der Waals surface area contributed by atoms with Crippen LogP contribution in [0.25, 0.3) is 10.2 Å². The highest BCUT2D eigenvalue weighted by molar-refractivity contribution is 7.16. The third-order valence-corrected chi connectivity index (χ3v) is 4.30. The Labute approximate surface area is 110 Å². The molecule has 2 N–H and O–H groups in total. The molecule has 2 aromatic heterocycles. The molecule has 96 valence electrons. The molecule has 0 bridgehead atoms. The maximum Gasteiger partial charge on any atom is 0.138 e. The number of aliphatic hydroxyl groups is 1. The van der Waals surface area contributed by atoms with Crippen LogP contribution < -0.4 is 5.32 Å². The van der Waals surface area contributed by atoms with Gasteiger partial charge in [-0.1, -0.05) is 6.92 Å². The SMILES string of the molecule is CCc1nc(NC2CCCC2O)c2ccsc2n1. The Hall–Kier alpha value is -1.20. The van der Waals surface area contributed by atoms with Gasteiger partial charge in [0.15, 0.2) is 0 Å². The molecule has 0 spiro atoms. The number of aliphatic hydroxyl groups excluding tert-OH is 1. The fourth-order valence-corrected chi connectivity index (χ4v) is 3.23. The second kappa shape index (κ2) is 4.82. The average Bonchev–Trinajstić information content (AvgIpc) is 2.98. The molecule has 0 saturated heterocycles. The van der Waals surface area contributed by atoms with Gasteiger partial charge in [-0.05, 0) is 30.7 Å². The second-order valence-corrected chi connectivity index (χ2v) is 5.63. The number of anilines is 1. The van der Waals surface area contributed by atoms with Crippen molar-refractivity contribution in [2.75, 3.05) is 5.32 Å². The molecule has 0 radical (unpaired) electrons. The molecule has 1 fully saturated rings. The molecular formula is C13H17N3OS. The molecule has 1 saturated carbocycles. The number of aromatic nitrogens is 2. The van der Waals surface area contributed by atoms with Gasteiger partial charge in [0, 0.05) is 6.42 Å². The van der Waals surface area contributed by atoms with Gasteiger partial charge in [-0.2, -0.15) is 0 Å². The van der Waals surface area contributed by atoms with Crippen molar-refractivity contribution in [1.82, 2.24) is 9.97 Å². The number of hydrogen-bond acceptors (Lipinski definition) is 5. The average molecular weight is 263 g/mol. The Balaban J connectivity index is 1.96. The first-order valence-corrected chi connectivity index (χ1v) is 7.34. The van der Waals surface area contributed by atoms with E-state index in [9.17, 15) is 5.11 Å². The molecule has 2 heterocycles. The van der Waals surface area contributed by atoms with Crippen LogP contribution in [0.2, 0.25) is 0 Å². The molecule has 0 aliphatic heterocycles. The van der Waals surface area contributed by atoms with Gasteiger partial charge in [0.05, 0.1) is 17.5 Å². The van der Waals surface area contributed by atoms with Gasteiger partial charge >= 0.3 is 0 Å². The number of nitrogens with one attached hydrogen (secondary N) is 1. The van der Waals surface area contributed by atoms with Crippen molar-refractivity contribution in [3.8, 4) is 0 Å². The van der Waals surface area contributed by atoms with Crippen LogP contribution in [0.1, 0.15) is 32.0 Å². The zero-order valence-electron chi connectivity index (χ0n) is 10.4. The standard InChI is InChI=1S/C13H17N3OS/c1-2-11-15-12(8-6-7-18-13(8)16-11)14-9-4-3-5-10(9)17/h6-7,9-10,17H,2-5H2,1H3,(H,14,15,16). The highest BCUT2D eigenvalue weighted by Crippen LogP contribution is 2.28. The maximum absolute atomic E-state index is 9.90. The first-order chi connectivity index (χ1) is 8.78. The smallest absolute Gasteiger partial charge is 0.138 e. The van der Waals surface area contributed by atoms with Gasteiger partial charge in [0.2, 0.25) is 0 Å². The first-order valence-electron chi connectivity index (χ1n) is 6.46. The zero-order chi connectivity index (χ0) is 12.5. The minimum Gasteiger partial charge on any atom is -0.391 e. The minimum atomic E-state index is -0.251. The summed E-state index contributed by atoms with van der Waals surface area (Å²) in [6.07, 6.45) is 3.56. The lowest BCUT2D eigenvalue weighted by molar-refractivity contribution is 0.171. The van der Waals surface area contributed by atoms with Gasteiger partial charge < -0.3 is 10.4 Å². The van der Waals surface area contributed by atoms with E-state index in [2.05, 4.69) is 22.2 Å². The van der Waals surface area contributed by atoms with Gasteiger partial charge in [-0.15, -0.1) is 11.3 Å². The fraction of sp³-hybridized carbons (Fsp3) is 0.538. The highest BCUT2D eigenvalue weighted by Gasteiger charge is 2.26. The molecule has 0 aromatic carbocycles. The lowest BCUT2D eigenvalue weighted by atomic mass is 10.2. The van der Waals surface area contributed by atoms with E-state index in [1.54, 1.807) is 11.3 Å². The molecule has 5 heteroatoms. The van der Waals surface area contributed by atoms with E-state index in [1.807, 2.05) is 11.4 Å². The van der Waals surface area contributed by atoms with Crippen LogP contribution in [0.3, 0.4) is 0 Å². The van der Waals surface area contributed by atoms with Crippen LogP contribution in [0.4, 0.5) is 5.82 Å².